The molecule has 39 heavy (non-hydrogen) atoms. The third-order valence-electron chi connectivity index (χ3n) is 10.9. The Labute approximate surface area is 236 Å². The summed E-state index contributed by atoms with van der Waals surface area (Å²) in [6.45, 7) is 15.3. The molecule has 0 spiro atoms. The van der Waals surface area contributed by atoms with Crippen LogP contribution in [0.1, 0.15) is 97.8 Å². The van der Waals surface area contributed by atoms with Crippen LogP contribution in [0, 0.1) is 35.0 Å². The molecule has 0 unspecified atom stereocenters. The Morgan fingerprint density at radius 1 is 1.13 bits per heavy atom. The summed E-state index contributed by atoms with van der Waals surface area (Å²) in [6, 6.07) is 0. The molecule has 5 heteroatoms. The lowest BCUT2D eigenvalue weighted by atomic mass is 9.60. The Kier molecular flexibility index (Phi) is 9.99. The van der Waals surface area contributed by atoms with Crippen LogP contribution in [-0.2, 0) is 9.53 Å². The van der Waals surface area contributed by atoms with Crippen molar-refractivity contribution in [3.05, 3.63) is 47.6 Å². The molecule has 4 fully saturated rings. The summed E-state index contributed by atoms with van der Waals surface area (Å²) in [7, 11) is 0. The summed E-state index contributed by atoms with van der Waals surface area (Å²) < 4.78 is 5.85. The third-order valence-corrected chi connectivity index (χ3v) is 10.9. The third kappa shape index (κ3) is 6.16. The fraction of sp³-hybridized carbons (Fsp3) is 0.735. The molecule has 4 aliphatic rings. The van der Waals surface area contributed by atoms with Crippen molar-refractivity contribution in [2.45, 2.75) is 116 Å². The lowest BCUT2D eigenvalue weighted by molar-refractivity contribution is -0.140. The van der Waals surface area contributed by atoms with Gasteiger partial charge in [0.2, 0.25) is 0 Å². The van der Waals surface area contributed by atoms with Crippen molar-refractivity contribution in [2.24, 2.45) is 35.0 Å². The molecule has 1 aliphatic heterocycles. The van der Waals surface area contributed by atoms with Crippen molar-refractivity contribution in [1.29, 1.82) is 0 Å². The normalized spacial score (nSPS) is 39.8. The first kappa shape index (κ1) is 30.3. The number of cyclic esters (lactones) is 1. The van der Waals surface area contributed by atoms with Crippen molar-refractivity contribution in [3.8, 4) is 0 Å². The van der Waals surface area contributed by atoms with E-state index in [-0.39, 0.29) is 35.9 Å². The molecule has 0 bridgehead atoms. The minimum Gasteiger partial charge on any atom is -0.458 e. The van der Waals surface area contributed by atoms with E-state index in [9.17, 15) is 20.1 Å². The zero-order valence-electron chi connectivity index (χ0n) is 24.5. The van der Waals surface area contributed by atoms with E-state index < -0.39 is 12.2 Å². The molecule has 9 atom stereocenters. The summed E-state index contributed by atoms with van der Waals surface area (Å²) in [6.07, 6.45) is 14.7. The molecule has 0 aromatic heterocycles. The Hall–Kier alpha value is -1.69. The fourth-order valence-electron chi connectivity index (χ4n) is 8.64. The van der Waals surface area contributed by atoms with E-state index in [2.05, 4.69) is 46.1 Å². The molecule has 3 aliphatic carbocycles. The number of esters is 1. The van der Waals surface area contributed by atoms with Gasteiger partial charge in [-0.05, 0) is 98.5 Å². The van der Waals surface area contributed by atoms with Crippen molar-refractivity contribution < 1.29 is 24.9 Å². The lowest BCUT2D eigenvalue weighted by Gasteiger charge is -2.45. The van der Waals surface area contributed by atoms with E-state index in [1.807, 2.05) is 0 Å². The van der Waals surface area contributed by atoms with Crippen LogP contribution in [0.4, 0.5) is 0 Å². The van der Waals surface area contributed by atoms with Crippen LogP contribution >= 0.6 is 0 Å². The molecule has 3 saturated carbocycles. The Morgan fingerprint density at radius 2 is 1.90 bits per heavy atom. The molecule has 4 rings (SSSR count). The van der Waals surface area contributed by atoms with Crippen LogP contribution in [0.15, 0.2) is 47.6 Å². The largest absolute Gasteiger partial charge is 0.458 e. The molecular formula is C34H52O5. The number of unbranched alkanes of at least 4 members (excludes halogenated alkanes) is 1. The van der Waals surface area contributed by atoms with E-state index in [0.717, 1.165) is 37.7 Å². The average Bonchev–Trinajstić information content (AvgIpc) is 3.39. The van der Waals surface area contributed by atoms with E-state index in [4.69, 9.17) is 4.74 Å². The number of rotatable bonds is 10. The predicted molar refractivity (Wildman–Crippen MR) is 156 cm³/mol. The molecule has 0 aromatic rings. The average molecular weight is 541 g/mol. The monoisotopic (exact) mass is 540 g/mol. The minimum absolute atomic E-state index is 0.0334. The molecule has 5 nitrogen and oxygen atoms in total. The first-order valence-electron chi connectivity index (χ1n) is 15.6. The van der Waals surface area contributed by atoms with Crippen LogP contribution in [0.5, 0.6) is 0 Å². The number of aliphatic hydroxyl groups is 3. The number of aliphatic hydroxyl groups excluding tert-OH is 3. The Morgan fingerprint density at radius 3 is 2.62 bits per heavy atom. The number of fused-ring (bicyclic) bond motifs is 1. The summed E-state index contributed by atoms with van der Waals surface area (Å²) >= 11 is 0. The highest BCUT2D eigenvalue weighted by Crippen LogP contribution is 2.60. The van der Waals surface area contributed by atoms with Gasteiger partial charge in [0.05, 0.1) is 12.2 Å². The van der Waals surface area contributed by atoms with Crippen LogP contribution in [0.2, 0.25) is 0 Å². The lowest BCUT2D eigenvalue weighted by Crippen LogP contribution is -2.38. The molecular weight excluding hydrogens is 488 g/mol. The predicted octanol–water partition coefficient (Wildman–Crippen LogP) is 6.44. The standard InChI is InChI=1S/C34H52O5/c1-6-7-11-26-23(4)33(38)39-31(26)19-21(2)28-15-16-29-24(10-8-17-34(28,29)5)13-14-25-20-30(36)27(12-9-18-35)32(37)22(25)3/h13-14,21,26-32,35-37H,3-4,6-12,15-20H2,1-2,5H3/b24-13+,25-14-/t21-,26+,27+,28-,29+,30-,31-,32-,34-/m1/s1. The van der Waals surface area contributed by atoms with Gasteiger partial charge in [-0.15, -0.1) is 0 Å². The second-order valence-corrected chi connectivity index (χ2v) is 13.2. The van der Waals surface area contributed by atoms with Gasteiger partial charge in [-0.1, -0.05) is 64.5 Å². The van der Waals surface area contributed by atoms with Crippen molar-refractivity contribution >= 4 is 5.97 Å². The molecule has 1 heterocycles. The molecule has 218 valence electrons. The molecule has 3 N–H and O–H groups in total. The SMILES string of the molecule is C=C1/C(=C\C=C2/CCC[C@]3(C)[C@@H]([C@H](C)C[C@H]4OC(=O)C(=C)[C@@H]4CCCC)CC[C@@H]23)C[C@@H](O)[C@H](CCCO)[C@@H]1O. The van der Waals surface area contributed by atoms with Crippen LogP contribution in [-0.4, -0.2) is 46.2 Å². The second-order valence-electron chi connectivity index (χ2n) is 13.2. The van der Waals surface area contributed by atoms with Gasteiger partial charge in [0.25, 0.3) is 0 Å². The van der Waals surface area contributed by atoms with Gasteiger partial charge in [-0.25, -0.2) is 4.79 Å². The van der Waals surface area contributed by atoms with Gasteiger partial charge >= 0.3 is 5.97 Å². The number of ether oxygens (including phenoxy) is 1. The van der Waals surface area contributed by atoms with Gasteiger partial charge in [0.1, 0.15) is 6.10 Å². The smallest absolute Gasteiger partial charge is 0.334 e. The van der Waals surface area contributed by atoms with Gasteiger partial charge in [0.15, 0.2) is 0 Å². The number of hydrogen-bond donors (Lipinski definition) is 3. The quantitative estimate of drug-likeness (QED) is 0.219. The maximum atomic E-state index is 12.3. The number of carbonyl (C=O) groups is 1. The van der Waals surface area contributed by atoms with E-state index in [0.29, 0.717) is 48.2 Å². The highest BCUT2D eigenvalue weighted by atomic mass is 16.6. The Balaban J connectivity index is 1.45. The maximum Gasteiger partial charge on any atom is 0.334 e. The maximum absolute atomic E-state index is 12.3. The van der Waals surface area contributed by atoms with Crippen molar-refractivity contribution in [3.63, 3.8) is 0 Å². The van der Waals surface area contributed by atoms with Gasteiger partial charge in [-0.2, -0.15) is 0 Å². The zero-order chi connectivity index (χ0) is 28.3. The van der Waals surface area contributed by atoms with E-state index >= 15 is 0 Å². The molecule has 0 radical (unpaired) electrons. The van der Waals surface area contributed by atoms with Crippen LogP contribution in [0.25, 0.3) is 0 Å². The van der Waals surface area contributed by atoms with Crippen LogP contribution in [0.3, 0.4) is 0 Å². The van der Waals surface area contributed by atoms with Gasteiger partial charge in [-0.3, -0.25) is 0 Å². The number of carbonyl (C=O) groups excluding carboxylic acids is 1. The molecule has 0 aromatic carbocycles. The summed E-state index contributed by atoms with van der Waals surface area (Å²) in [5.41, 5.74) is 4.05. The summed E-state index contributed by atoms with van der Waals surface area (Å²) in [5.74, 6) is 1.32. The summed E-state index contributed by atoms with van der Waals surface area (Å²) in [5, 5.41) is 30.7. The highest BCUT2D eigenvalue weighted by Gasteiger charge is 2.51. The van der Waals surface area contributed by atoms with Gasteiger partial charge < -0.3 is 20.1 Å². The number of hydrogen-bond acceptors (Lipinski definition) is 5. The topological polar surface area (TPSA) is 87.0 Å². The number of allylic oxidation sites excluding steroid dienone is 3. The first-order valence-corrected chi connectivity index (χ1v) is 15.6. The van der Waals surface area contributed by atoms with E-state index in [1.54, 1.807) is 0 Å². The second kappa shape index (κ2) is 12.9. The summed E-state index contributed by atoms with van der Waals surface area (Å²) in [4.78, 5) is 12.3. The molecule has 1 saturated heterocycles. The zero-order valence-corrected chi connectivity index (χ0v) is 24.5. The fourth-order valence-corrected chi connectivity index (χ4v) is 8.64. The highest BCUT2D eigenvalue weighted by molar-refractivity contribution is 5.90. The first-order chi connectivity index (χ1) is 18.6. The van der Waals surface area contributed by atoms with Gasteiger partial charge in [0, 0.05) is 24.0 Å². The van der Waals surface area contributed by atoms with Crippen LogP contribution < -0.4 is 0 Å². The minimum atomic E-state index is -0.764. The van der Waals surface area contributed by atoms with E-state index in [1.165, 1.54) is 31.3 Å². The Bertz CT molecular complexity index is 978. The van der Waals surface area contributed by atoms with Crippen molar-refractivity contribution in [2.75, 3.05) is 6.61 Å². The molecule has 0 amide bonds. The van der Waals surface area contributed by atoms with Crippen molar-refractivity contribution in [1.82, 2.24) is 0 Å².